The molecule has 2 nitrogen and oxygen atoms in total. The quantitative estimate of drug-likeness (QED) is 0.173. The van der Waals surface area contributed by atoms with Crippen molar-refractivity contribution in [2.75, 3.05) is 0 Å². The highest BCUT2D eigenvalue weighted by Gasteiger charge is 2.42. The summed E-state index contributed by atoms with van der Waals surface area (Å²) in [5, 5.41) is 1.29. The Morgan fingerprint density at radius 2 is 1.40 bits per heavy atom. The van der Waals surface area contributed by atoms with Crippen LogP contribution in [-0.4, -0.2) is 9.13 Å². The second-order valence-electron chi connectivity index (χ2n) is 11.3. The fourth-order valence-electron chi connectivity index (χ4n) is 6.73. The molecule has 240 valence electrons. The van der Waals surface area contributed by atoms with E-state index in [4.69, 9.17) is 0 Å². The summed E-state index contributed by atoms with van der Waals surface area (Å²) in [7, 11) is 0. The standard InChI is InChI=1S/C39H32N2.3C2H6/c1-2-3-5-12-30-26-40(38-22-21-29-25-35(29)39(30)38)31-15-10-13-27(23-31)28-14-11-16-32(24-28)41-36-19-7-4-6-17-33(36)34-18-8-9-20-37(34)41;3*1-2/h2-3,5-24,26,29,35H,4,25H2,1H3;3*1-2H3/b3-2-,12-5-;;;. The summed E-state index contributed by atoms with van der Waals surface area (Å²) in [6, 6.07) is 26.7. The summed E-state index contributed by atoms with van der Waals surface area (Å²) in [4.78, 5) is 0. The van der Waals surface area contributed by atoms with E-state index in [1.165, 1.54) is 67.9 Å². The molecule has 3 aliphatic rings. The van der Waals surface area contributed by atoms with Gasteiger partial charge in [-0.1, -0.05) is 133 Å². The molecule has 5 aromatic rings. The number of allylic oxidation sites excluding steroid dienone is 6. The van der Waals surface area contributed by atoms with Gasteiger partial charge in [-0.3, -0.25) is 0 Å². The van der Waals surface area contributed by atoms with Crippen molar-refractivity contribution < 1.29 is 0 Å². The predicted molar refractivity (Wildman–Crippen MR) is 208 cm³/mol. The number of nitrogens with zero attached hydrogens (tertiary/aromatic N) is 2. The van der Waals surface area contributed by atoms with Crippen LogP contribution in [0.1, 0.15) is 95.3 Å². The van der Waals surface area contributed by atoms with E-state index >= 15 is 0 Å². The van der Waals surface area contributed by atoms with Gasteiger partial charge in [-0.25, -0.2) is 0 Å². The van der Waals surface area contributed by atoms with E-state index in [-0.39, 0.29) is 0 Å². The van der Waals surface area contributed by atoms with Crippen molar-refractivity contribution in [3.05, 3.63) is 144 Å². The molecule has 0 spiro atoms. The van der Waals surface area contributed by atoms with Gasteiger partial charge in [-0.05, 0) is 96.3 Å². The Bertz CT molecular complexity index is 1970. The van der Waals surface area contributed by atoms with Crippen LogP contribution >= 0.6 is 0 Å². The summed E-state index contributed by atoms with van der Waals surface area (Å²) < 4.78 is 4.80. The zero-order valence-corrected chi connectivity index (χ0v) is 29.2. The van der Waals surface area contributed by atoms with Gasteiger partial charge in [0.15, 0.2) is 0 Å². The third kappa shape index (κ3) is 6.56. The number of fused-ring (bicyclic) bond motifs is 6. The number of aromatic nitrogens is 2. The monoisotopic (exact) mass is 618 g/mol. The molecule has 1 saturated carbocycles. The molecule has 2 aromatic heterocycles. The van der Waals surface area contributed by atoms with Crippen molar-refractivity contribution in [1.82, 2.24) is 9.13 Å². The lowest BCUT2D eigenvalue weighted by molar-refractivity contribution is 0.965. The fraction of sp³-hybridized carbons (Fsp3) is 0.244. The Kier molecular flexibility index (Phi) is 11.2. The average molecular weight is 619 g/mol. The lowest BCUT2D eigenvalue weighted by Gasteiger charge is -2.14. The van der Waals surface area contributed by atoms with Crippen molar-refractivity contribution >= 4 is 35.2 Å². The van der Waals surface area contributed by atoms with Crippen LogP contribution in [-0.2, 0) is 0 Å². The molecule has 2 heterocycles. The minimum atomic E-state index is 0.664. The van der Waals surface area contributed by atoms with Gasteiger partial charge in [0.1, 0.15) is 0 Å². The SMILES string of the molecule is C/C=C\C=C/c1cn(-c2cccc(-c3cccc(-n4c5c(c6ccccc64)C=CCC=C5)c3)c2)c2c1C1CC1C=C2.CC.CC.CC. The lowest BCUT2D eigenvalue weighted by Crippen LogP contribution is -2.00. The number of para-hydroxylation sites is 1. The molecule has 0 amide bonds. The van der Waals surface area contributed by atoms with E-state index < -0.39 is 0 Å². The molecule has 2 atom stereocenters. The van der Waals surface area contributed by atoms with Crippen molar-refractivity contribution in [3.8, 4) is 22.5 Å². The first-order valence-electron chi connectivity index (χ1n) is 17.7. The molecular weight excluding hydrogens is 569 g/mol. The molecule has 0 aliphatic heterocycles. The second kappa shape index (κ2) is 15.6. The Hall–Kier alpha value is -4.82. The summed E-state index contributed by atoms with van der Waals surface area (Å²) in [5.41, 5.74) is 12.8. The van der Waals surface area contributed by atoms with E-state index in [9.17, 15) is 0 Å². The molecule has 2 unspecified atom stereocenters. The predicted octanol–water partition coefficient (Wildman–Crippen LogP) is 13.3. The molecule has 1 fully saturated rings. The Morgan fingerprint density at radius 1 is 0.702 bits per heavy atom. The highest BCUT2D eigenvalue weighted by molar-refractivity contribution is 5.96. The van der Waals surface area contributed by atoms with Crippen LogP contribution < -0.4 is 0 Å². The first-order chi connectivity index (χ1) is 23.3. The Labute approximate surface area is 282 Å². The molecule has 47 heavy (non-hydrogen) atoms. The average Bonchev–Trinajstić information content (AvgIpc) is 3.83. The van der Waals surface area contributed by atoms with Gasteiger partial charge in [-0.2, -0.15) is 0 Å². The van der Waals surface area contributed by atoms with Crippen molar-refractivity contribution in [2.45, 2.75) is 67.2 Å². The number of benzene rings is 3. The van der Waals surface area contributed by atoms with Crippen LogP contribution in [0, 0.1) is 5.92 Å². The van der Waals surface area contributed by atoms with Gasteiger partial charge < -0.3 is 9.13 Å². The first kappa shape index (κ1) is 33.5. The smallest absolute Gasteiger partial charge is 0.0541 e. The number of hydrogen-bond acceptors (Lipinski definition) is 0. The van der Waals surface area contributed by atoms with Crippen molar-refractivity contribution in [3.63, 3.8) is 0 Å². The normalized spacial score (nSPS) is 16.7. The summed E-state index contributed by atoms with van der Waals surface area (Å²) >= 11 is 0. The van der Waals surface area contributed by atoms with E-state index in [2.05, 4.69) is 156 Å². The van der Waals surface area contributed by atoms with Crippen LogP contribution in [0.15, 0.2) is 115 Å². The minimum absolute atomic E-state index is 0.664. The van der Waals surface area contributed by atoms with E-state index in [1.807, 2.05) is 41.5 Å². The van der Waals surface area contributed by atoms with Crippen LogP contribution in [0.25, 0.3) is 57.7 Å². The van der Waals surface area contributed by atoms with E-state index in [1.54, 1.807) is 0 Å². The summed E-state index contributed by atoms with van der Waals surface area (Å²) in [6.07, 6.45) is 27.0. The largest absolute Gasteiger partial charge is 0.316 e. The van der Waals surface area contributed by atoms with Gasteiger partial charge in [0, 0.05) is 34.2 Å². The molecular formula is C45H50N2. The fourth-order valence-corrected chi connectivity index (χ4v) is 6.73. The summed E-state index contributed by atoms with van der Waals surface area (Å²) in [6.45, 7) is 14.1. The van der Waals surface area contributed by atoms with Crippen molar-refractivity contribution in [2.24, 2.45) is 5.92 Å². The zero-order valence-electron chi connectivity index (χ0n) is 29.2. The number of rotatable bonds is 5. The van der Waals surface area contributed by atoms with E-state index in [0.717, 1.165) is 6.42 Å². The summed E-state index contributed by atoms with van der Waals surface area (Å²) in [5.74, 6) is 1.38. The van der Waals surface area contributed by atoms with Crippen LogP contribution in [0.3, 0.4) is 0 Å². The lowest BCUT2D eigenvalue weighted by atomic mass is 9.99. The van der Waals surface area contributed by atoms with Gasteiger partial charge in [0.05, 0.1) is 11.2 Å². The molecule has 0 saturated heterocycles. The molecule has 0 N–H and O–H groups in total. The minimum Gasteiger partial charge on any atom is -0.316 e. The molecule has 2 heteroatoms. The van der Waals surface area contributed by atoms with Crippen LogP contribution in [0.5, 0.6) is 0 Å². The molecule has 8 rings (SSSR count). The first-order valence-corrected chi connectivity index (χ1v) is 17.7. The van der Waals surface area contributed by atoms with Gasteiger partial charge in [0.25, 0.3) is 0 Å². The van der Waals surface area contributed by atoms with Gasteiger partial charge >= 0.3 is 0 Å². The molecule has 0 bridgehead atoms. The topological polar surface area (TPSA) is 9.86 Å². The maximum atomic E-state index is 2.41. The third-order valence-corrected chi connectivity index (χ3v) is 8.75. The molecule has 0 radical (unpaired) electrons. The second-order valence-corrected chi connectivity index (χ2v) is 11.3. The van der Waals surface area contributed by atoms with E-state index in [0.29, 0.717) is 11.8 Å². The maximum absolute atomic E-state index is 2.41. The van der Waals surface area contributed by atoms with Gasteiger partial charge in [0.2, 0.25) is 0 Å². The molecule has 3 aromatic carbocycles. The Balaban J connectivity index is 0.000000686. The molecule has 3 aliphatic carbocycles. The van der Waals surface area contributed by atoms with Crippen LogP contribution in [0.4, 0.5) is 0 Å². The zero-order chi connectivity index (χ0) is 33.3. The van der Waals surface area contributed by atoms with Crippen LogP contribution in [0.2, 0.25) is 0 Å². The highest BCUT2D eigenvalue weighted by Crippen LogP contribution is 2.54. The highest BCUT2D eigenvalue weighted by atomic mass is 15.0. The maximum Gasteiger partial charge on any atom is 0.0541 e. The number of hydrogen-bond donors (Lipinski definition) is 0. The third-order valence-electron chi connectivity index (χ3n) is 8.75. The Morgan fingerprint density at radius 3 is 2.17 bits per heavy atom. The van der Waals surface area contributed by atoms with Crippen molar-refractivity contribution in [1.29, 1.82) is 0 Å². The van der Waals surface area contributed by atoms with Gasteiger partial charge in [-0.15, -0.1) is 0 Å².